The van der Waals surface area contributed by atoms with Gasteiger partial charge in [-0.15, -0.1) is 0 Å². The molecule has 0 N–H and O–H groups in total. The van der Waals surface area contributed by atoms with Crippen molar-refractivity contribution in [1.82, 2.24) is 0 Å². The molecule has 2 nitrogen and oxygen atoms in total. The summed E-state index contributed by atoms with van der Waals surface area (Å²) in [5.74, 6) is -0.784. The molecule has 0 fully saturated rings. The van der Waals surface area contributed by atoms with Crippen LogP contribution in [-0.2, 0) is 21.8 Å². The van der Waals surface area contributed by atoms with E-state index in [9.17, 15) is 26.3 Å². The molecular weight excluding hydrogens is 453 g/mol. The molecule has 3 atom stereocenters. The van der Waals surface area contributed by atoms with Crippen LogP contribution in [0, 0.1) is 0 Å². The standard InChI is InChI=1S/C15H17F6IO2/c1-8(23-3)13(9(2)24-7-22)10-4-11(14(16,17)18)6-12(5-10)15(19,20)21/h4-6,8-9,13H,7H2,1-3H3. The highest BCUT2D eigenvalue weighted by Gasteiger charge is 2.38. The zero-order valence-corrected chi connectivity index (χ0v) is 15.3. The van der Waals surface area contributed by atoms with E-state index in [4.69, 9.17) is 9.47 Å². The van der Waals surface area contributed by atoms with Crippen LogP contribution < -0.4 is 0 Å². The van der Waals surface area contributed by atoms with Crippen molar-refractivity contribution < 1.29 is 35.8 Å². The highest BCUT2D eigenvalue weighted by molar-refractivity contribution is 14.1. The van der Waals surface area contributed by atoms with Gasteiger partial charge in [-0.25, -0.2) is 0 Å². The highest BCUT2D eigenvalue weighted by atomic mass is 127. The third-order valence-corrected chi connectivity index (χ3v) is 4.06. The van der Waals surface area contributed by atoms with E-state index in [2.05, 4.69) is 0 Å². The Bertz CT molecular complexity index is 511. The summed E-state index contributed by atoms with van der Waals surface area (Å²) in [6.45, 7) is 3.16. The van der Waals surface area contributed by atoms with Crippen LogP contribution in [0.25, 0.3) is 0 Å². The first-order valence-corrected chi connectivity index (χ1v) is 8.44. The molecule has 0 amide bonds. The first-order chi connectivity index (χ1) is 10.9. The summed E-state index contributed by atoms with van der Waals surface area (Å²) in [7, 11) is 1.34. The average molecular weight is 470 g/mol. The first-order valence-electron chi connectivity index (χ1n) is 6.91. The van der Waals surface area contributed by atoms with E-state index in [-0.39, 0.29) is 16.2 Å². The van der Waals surface area contributed by atoms with Crippen LogP contribution in [0.5, 0.6) is 0 Å². The van der Waals surface area contributed by atoms with Gasteiger partial charge in [-0.3, -0.25) is 0 Å². The van der Waals surface area contributed by atoms with Crippen molar-refractivity contribution >= 4 is 22.6 Å². The summed E-state index contributed by atoms with van der Waals surface area (Å²) in [5, 5.41) is 0. The predicted molar refractivity (Wildman–Crippen MR) is 85.1 cm³/mol. The fourth-order valence-electron chi connectivity index (χ4n) is 2.44. The first kappa shape index (κ1) is 21.5. The number of ether oxygens (including phenoxy) is 2. The number of hydrogen-bond acceptors (Lipinski definition) is 2. The third-order valence-electron chi connectivity index (χ3n) is 3.70. The van der Waals surface area contributed by atoms with Gasteiger partial charge in [0.25, 0.3) is 0 Å². The SMILES string of the molecule is COC(C)C(c1cc(C(F)(F)F)cc(C(F)(F)F)c1)C(C)OCI. The van der Waals surface area contributed by atoms with Gasteiger partial charge < -0.3 is 9.47 Å². The second kappa shape index (κ2) is 8.22. The van der Waals surface area contributed by atoms with E-state index >= 15 is 0 Å². The van der Waals surface area contributed by atoms with E-state index in [1.807, 2.05) is 22.6 Å². The van der Waals surface area contributed by atoms with Gasteiger partial charge in [-0.1, -0.05) is 22.6 Å². The molecule has 0 bridgehead atoms. The summed E-state index contributed by atoms with van der Waals surface area (Å²) >= 11 is 1.91. The quantitative estimate of drug-likeness (QED) is 0.305. The topological polar surface area (TPSA) is 18.5 Å². The summed E-state index contributed by atoms with van der Waals surface area (Å²) in [4.78, 5) is 0. The molecule has 9 heteroatoms. The Morgan fingerprint density at radius 2 is 1.38 bits per heavy atom. The van der Waals surface area contributed by atoms with Crippen LogP contribution in [0.4, 0.5) is 26.3 Å². The van der Waals surface area contributed by atoms with Gasteiger partial charge in [0.15, 0.2) is 0 Å². The second-order valence-corrected chi connectivity index (χ2v) is 5.91. The van der Waals surface area contributed by atoms with E-state index in [0.717, 1.165) is 12.1 Å². The molecule has 0 aliphatic carbocycles. The Morgan fingerprint density at radius 3 is 1.71 bits per heavy atom. The fraction of sp³-hybridized carbons (Fsp3) is 0.600. The molecule has 3 unspecified atom stereocenters. The van der Waals surface area contributed by atoms with Crippen LogP contribution >= 0.6 is 22.6 Å². The summed E-state index contributed by atoms with van der Waals surface area (Å²) in [6, 6.07) is 1.56. The van der Waals surface area contributed by atoms with Gasteiger partial charge in [0.1, 0.15) is 0 Å². The van der Waals surface area contributed by atoms with Gasteiger partial charge in [-0.05, 0) is 37.6 Å². The minimum Gasteiger partial charge on any atom is -0.381 e. The Morgan fingerprint density at radius 1 is 0.917 bits per heavy atom. The van der Waals surface area contributed by atoms with Crippen LogP contribution in [-0.4, -0.2) is 23.9 Å². The molecule has 0 aromatic heterocycles. The minimum atomic E-state index is -4.88. The van der Waals surface area contributed by atoms with Gasteiger partial charge in [-0.2, -0.15) is 26.3 Å². The molecule has 1 rings (SSSR count). The average Bonchev–Trinajstić information content (AvgIpc) is 2.45. The molecule has 1 aromatic carbocycles. The molecule has 0 saturated heterocycles. The Kier molecular flexibility index (Phi) is 7.36. The molecule has 138 valence electrons. The predicted octanol–water partition coefficient (Wildman–Crippen LogP) is 5.64. The lowest BCUT2D eigenvalue weighted by Crippen LogP contribution is -2.30. The molecule has 0 heterocycles. The van der Waals surface area contributed by atoms with Gasteiger partial charge >= 0.3 is 12.4 Å². The second-order valence-electron chi connectivity index (χ2n) is 5.29. The Hall–Kier alpha value is -0.550. The number of benzene rings is 1. The summed E-state index contributed by atoms with van der Waals surface area (Å²) in [5.41, 5.74) is -2.81. The molecule has 0 aliphatic rings. The summed E-state index contributed by atoms with van der Waals surface area (Å²) < 4.78 is 88.8. The number of alkyl halides is 7. The van der Waals surface area contributed by atoms with Gasteiger partial charge in [0.05, 0.1) is 27.9 Å². The highest BCUT2D eigenvalue weighted by Crippen LogP contribution is 2.39. The summed E-state index contributed by atoms with van der Waals surface area (Å²) in [6.07, 6.45) is -11.0. The van der Waals surface area contributed by atoms with E-state index in [1.54, 1.807) is 13.8 Å². The monoisotopic (exact) mass is 470 g/mol. The van der Waals surface area contributed by atoms with Crippen molar-refractivity contribution in [3.63, 3.8) is 0 Å². The fourth-order valence-corrected chi connectivity index (χ4v) is 3.01. The number of methoxy groups -OCH3 is 1. The molecule has 0 radical (unpaired) electrons. The zero-order chi connectivity index (χ0) is 18.7. The van der Waals surface area contributed by atoms with E-state index in [0.29, 0.717) is 0 Å². The van der Waals surface area contributed by atoms with Crippen molar-refractivity contribution in [2.24, 2.45) is 0 Å². The van der Waals surface area contributed by atoms with Crippen LogP contribution in [0.3, 0.4) is 0 Å². The molecule has 0 spiro atoms. The van der Waals surface area contributed by atoms with Gasteiger partial charge in [0, 0.05) is 13.0 Å². The lowest BCUT2D eigenvalue weighted by molar-refractivity contribution is -0.143. The number of hydrogen-bond donors (Lipinski definition) is 0. The van der Waals surface area contributed by atoms with Crippen molar-refractivity contribution in [1.29, 1.82) is 0 Å². The van der Waals surface area contributed by atoms with Crippen LogP contribution in [0.15, 0.2) is 18.2 Å². The largest absolute Gasteiger partial charge is 0.416 e. The molecule has 0 saturated carbocycles. The molecule has 24 heavy (non-hydrogen) atoms. The number of halogens is 7. The van der Waals surface area contributed by atoms with E-state index in [1.165, 1.54) is 7.11 Å². The van der Waals surface area contributed by atoms with Crippen molar-refractivity contribution in [3.8, 4) is 0 Å². The van der Waals surface area contributed by atoms with Crippen molar-refractivity contribution in [2.45, 2.75) is 44.3 Å². The van der Waals surface area contributed by atoms with Crippen LogP contribution in [0.2, 0.25) is 0 Å². The Balaban J connectivity index is 3.51. The molecule has 0 aliphatic heterocycles. The lowest BCUT2D eigenvalue weighted by Gasteiger charge is -2.30. The number of rotatable bonds is 6. The lowest BCUT2D eigenvalue weighted by atomic mass is 9.87. The van der Waals surface area contributed by atoms with E-state index < -0.39 is 41.6 Å². The van der Waals surface area contributed by atoms with Gasteiger partial charge in [0.2, 0.25) is 0 Å². The van der Waals surface area contributed by atoms with Crippen molar-refractivity contribution in [2.75, 3.05) is 11.7 Å². The molecule has 1 aromatic rings. The maximum atomic E-state index is 13.0. The maximum Gasteiger partial charge on any atom is 0.416 e. The smallest absolute Gasteiger partial charge is 0.381 e. The maximum absolute atomic E-state index is 13.0. The minimum absolute atomic E-state index is 0.113. The normalized spacial score (nSPS) is 16.8. The third kappa shape index (κ3) is 5.48. The zero-order valence-electron chi connectivity index (χ0n) is 13.1. The van der Waals surface area contributed by atoms with Crippen molar-refractivity contribution in [3.05, 3.63) is 34.9 Å². The Labute approximate surface area is 149 Å². The molecular formula is C15H17F6IO2. The van der Waals surface area contributed by atoms with Crippen LogP contribution in [0.1, 0.15) is 36.5 Å².